The molecule has 228 valence electrons. The van der Waals surface area contributed by atoms with Crippen molar-refractivity contribution in [2.45, 2.75) is 0 Å². The molecule has 49 heavy (non-hydrogen) atoms. The first kappa shape index (κ1) is 27.4. The van der Waals surface area contributed by atoms with Gasteiger partial charge >= 0.3 is 0 Å². The predicted molar refractivity (Wildman–Crippen MR) is 200 cm³/mol. The van der Waals surface area contributed by atoms with Crippen LogP contribution in [0.25, 0.3) is 93.9 Å². The van der Waals surface area contributed by atoms with Gasteiger partial charge in [-0.15, -0.1) is 0 Å². The van der Waals surface area contributed by atoms with Crippen molar-refractivity contribution in [1.82, 2.24) is 24.3 Å². The van der Waals surface area contributed by atoms with Crippen LogP contribution >= 0.6 is 0 Å². The van der Waals surface area contributed by atoms with E-state index in [1.54, 1.807) is 0 Å². The summed E-state index contributed by atoms with van der Waals surface area (Å²) in [5.41, 5.74) is 12.3. The van der Waals surface area contributed by atoms with Gasteiger partial charge in [0.05, 0.1) is 27.9 Å². The first-order valence-electron chi connectivity index (χ1n) is 16.4. The smallest absolute Gasteiger partial charge is 0.146 e. The molecule has 10 rings (SSSR count). The van der Waals surface area contributed by atoms with Crippen molar-refractivity contribution in [3.63, 3.8) is 0 Å². The summed E-state index contributed by atoms with van der Waals surface area (Å²) in [5, 5.41) is 5.47. The number of imidazole rings is 1. The van der Waals surface area contributed by atoms with Crippen LogP contribution in [-0.4, -0.2) is 24.3 Å². The van der Waals surface area contributed by atoms with Crippen molar-refractivity contribution in [3.8, 4) is 44.8 Å². The summed E-state index contributed by atoms with van der Waals surface area (Å²) in [6.07, 6.45) is 7.91. The number of para-hydroxylation sites is 1. The van der Waals surface area contributed by atoms with Crippen LogP contribution in [0, 0.1) is 0 Å². The molecular weight excluding hydrogens is 599 g/mol. The van der Waals surface area contributed by atoms with Gasteiger partial charge in [0, 0.05) is 62.8 Å². The van der Waals surface area contributed by atoms with Gasteiger partial charge in [-0.25, -0.2) is 9.97 Å². The van der Waals surface area contributed by atoms with Gasteiger partial charge in [0.2, 0.25) is 0 Å². The largest absolute Gasteiger partial charge is 0.306 e. The molecule has 0 radical (unpaired) electrons. The van der Waals surface area contributed by atoms with Crippen LogP contribution in [0.15, 0.2) is 164 Å². The number of benzene rings is 5. The molecule has 10 aromatic rings. The van der Waals surface area contributed by atoms with Crippen molar-refractivity contribution in [2.24, 2.45) is 0 Å². The molecule has 5 heterocycles. The standard InChI is InChI=1S/C44H27N5/c1-2-8-30(9-3-1)39-27-49-25-22-37-40(44(49)48-39)36-13-4-5-14-38(36)47-41(37)33-11-6-10-32(26-33)28-15-17-29(18-16-28)34-21-24-46-43-35(34)20-19-31-12-7-23-45-42(31)43/h1-27H. The molecule has 0 aliphatic rings. The zero-order valence-electron chi connectivity index (χ0n) is 26.3. The van der Waals surface area contributed by atoms with E-state index in [2.05, 4.69) is 149 Å². The highest BCUT2D eigenvalue weighted by Crippen LogP contribution is 2.37. The van der Waals surface area contributed by atoms with Crippen LogP contribution in [0.1, 0.15) is 0 Å². The molecule has 0 unspecified atom stereocenters. The van der Waals surface area contributed by atoms with Gasteiger partial charge in [0.25, 0.3) is 0 Å². The summed E-state index contributed by atoms with van der Waals surface area (Å²) in [7, 11) is 0. The van der Waals surface area contributed by atoms with Crippen molar-refractivity contribution in [2.75, 3.05) is 0 Å². The molecule has 5 aromatic heterocycles. The van der Waals surface area contributed by atoms with E-state index in [1.807, 2.05) is 24.5 Å². The molecular formula is C44H27N5. The second kappa shape index (κ2) is 10.9. The van der Waals surface area contributed by atoms with Gasteiger partial charge in [-0.2, -0.15) is 0 Å². The second-order valence-electron chi connectivity index (χ2n) is 12.4. The Morgan fingerprint density at radius 2 is 1.27 bits per heavy atom. The van der Waals surface area contributed by atoms with E-state index in [0.717, 1.165) is 93.9 Å². The van der Waals surface area contributed by atoms with E-state index < -0.39 is 0 Å². The topological polar surface area (TPSA) is 56.0 Å². The Morgan fingerprint density at radius 3 is 2.18 bits per heavy atom. The fourth-order valence-corrected chi connectivity index (χ4v) is 7.14. The summed E-state index contributed by atoms with van der Waals surface area (Å²) in [5.74, 6) is 0. The number of aromatic nitrogens is 5. The number of fused-ring (bicyclic) bond motifs is 8. The van der Waals surface area contributed by atoms with Crippen LogP contribution in [-0.2, 0) is 0 Å². The Hall–Kier alpha value is -6.72. The Labute approximate surface area is 281 Å². The lowest BCUT2D eigenvalue weighted by Gasteiger charge is -2.13. The number of rotatable bonds is 4. The molecule has 0 aliphatic heterocycles. The summed E-state index contributed by atoms with van der Waals surface area (Å²) < 4.78 is 2.13. The average Bonchev–Trinajstić information content (AvgIpc) is 3.63. The molecule has 0 spiro atoms. The first-order chi connectivity index (χ1) is 24.3. The number of hydrogen-bond donors (Lipinski definition) is 0. The van der Waals surface area contributed by atoms with E-state index in [4.69, 9.17) is 15.0 Å². The summed E-state index contributed by atoms with van der Waals surface area (Å²) in [4.78, 5) is 19.7. The number of hydrogen-bond acceptors (Lipinski definition) is 4. The van der Waals surface area contributed by atoms with Crippen molar-refractivity contribution < 1.29 is 0 Å². The van der Waals surface area contributed by atoms with Crippen LogP contribution in [0.3, 0.4) is 0 Å². The van der Waals surface area contributed by atoms with Crippen LogP contribution in [0.2, 0.25) is 0 Å². The monoisotopic (exact) mass is 625 g/mol. The Kier molecular flexibility index (Phi) is 6.11. The van der Waals surface area contributed by atoms with Crippen molar-refractivity contribution in [1.29, 1.82) is 0 Å². The normalized spacial score (nSPS) is 11.7. The molecule has 5 nitrogen and oxygen atoms in total. The van der Waals surface area contributed by atoms with E-state index in [1.165, 1.54) is 0 Å². The van der Waals surface area contributed by atoms with E-state index in [0.29, 0.717) is 0 Å². The fraction of sp³-hybridized carbons (Fsp3) is 0. The SMILES string of the molecule is c1ccc(-c2cn3ccc4c(-c5cccc(-c6ccc(-c7ccnc8c7ccc7cccnc78)cc6)c5)nc5ccccc5c4c3n2)cc1. The fourth-order valence-electron chi connectivity index (χ4n) is 7.14. The third-order valence-electron chi connectivity index (χ3n) is 9.51. The lowest BCUT2D eigenvalue weighted by molar-refractivity contribution is 1.20. The number of pyridine rings is 4. The van der Waals surface area contributed by atoms with Gasteiger partial charge in [0.1, 0.15) is 5.65 Å². The molecule has 5 heteroatoms. The van der Waals surface area contributed by atoms with Crippen LogP contribution in [0.5, 0.6) is 0 Å². The zero-order chi connectivity index (χ0) is 32.3. The Bertz CT molecular complexity index is 2870. The van der Waals surface area contributed by atoms with Gasteiger partial charge in [-0.05, 0) is 52.6 Å². The molecule has 0 amide bonds. The summed E-state index contributed by atoms with van der Waals surface area (Å²) >= 11 is 0. The molecule has 0 aliphatic carbocycles. The third-order valence-corrected chi connectivity index (χ3v) is 9.51. The quantitative estimate of drug-likeness (QED) is 0.183. The van der Waals surface area contributed by atoms with E-state index in [-0.39, 0.29) is 0 Å². The number of nitrogens with zero attached hydrogens (tertiary/aromatic N) is 5. The van der Waals surface area contributed by atoms with Gasteiger partial charge < -0.3 is 4.40 Å². The third kappa shape index (κ3) is 4.48. The maximum absolute atomic E-state index is 5.24. The first-order valence-corrected chi connectivity index (χ1v) is 16.4. The lowest BCUT2D eigenvalue weighted by Crippen LogP contribution is -1.93. The maximum Gasteiger partial charge on any atom is 0.146 e. The lowest BCUT2D eigenvalue weighted by atomic mass is 9.95. The minimum absolute atomic E-state index is 0.923. The molecule has 0 fully saturated rings. The van der Waals surface area contributed by atoms with E-state index >= 15 is 0 Å². The molecule has 0 N–H and O–H groups in total. The predicted octanol–water partition coefficient (Wildman–Crippen LogP) is 10.8. The Balaban J connectivity index is 1.08. The second-order valence-corrected chi connectivity index (χ2v) is 12.4. The minimum atomic E-state index is 0.923. The molecule has 0 bridgehead atoms. The maximum atomic E-state index is 5.24. The highest BCUT2D eigenvalue weighted by Gasteiger charge is 2.16. The summed E-state index contributed by atoms with van der Waals surface area (Å²) in [6.45, 7) is 0. The van der Waals surface area contributed by atoms with Crippen LogP contribution < -0.4 is 0 Å². The highest BCUT2D eigenvalue weighted by molar-refractivity contribution is 6.17. The Morgan fingerprint density at radius 1 is 0.469 bits per heavy atom. The van der Waals surface area contributed by atoms with Crippen molar-refractivity contribution in [3.05, 3.63) is 164 Å². The average molecular weight is 626 g/mol. The molecule has 5 aromatic carbocycles. The van der Waals surface area contributed by atoms with Gasteiger partial charge in [-0.1, -0.05) is 109 Å². The highest BCUT2D eigenvalue weighted by atomic mass is 15.0. The van der Waals surface area contributed by atoms with E-state index in [9.17, 15) is 0 Å². The molecule has 0 saturated heterocycles. The molecule has 0 atom stereocenters. The molecule has 0 saturated carbocycles. The summed E-state index contributed by atoms with van der Waals surface area (Å²) in [6, 6.07) is 48.8. The zero-order valence-corrected chi connectivity index (χ0v) is 26.3. The minimum Gasteiger partial charge on any atom is -0.306 e. The van der Waals surface area contributed by atoms with Crippen molar-refractivity contribution >= 4 is 49.1 Å². The van der Waals surface area contributed by atoms with Gasteiger partial charge in [0.15, 0.2) is 0 Å². The van der Waals surface area contributed by atoms with Gasteiger partial charge in [-0.3, -0.25) is 9.97 Å². The van der Waals surface area contributed by atoms with Crippen LogP contribution in [0.4, 0.5) is 0 Å².